The molecule has 0 aliphatic rings. The first-order chi connectivity index (χ1) is 9.79. The summed E-state index contributed by atoms with van der Waals surface area (Å²) in [5.41, 5.74) is 1.55. The van der Waals surface area contributed by atoms with E-state index in [1.807, 2.05) is 20.8 Å². The lowest BCUT2D eigenvalue weighted by Gasteiger charge is -2.11. The summed E-state index contributed by atoms with van der Waals surface area (Å²) in [5, 5.41) is 7.47. The van der Waals surface area contributed by atoms with E-state index >= 15 is 0 Å². The van der Waals surface area contributed by atoms with E-state index < -0.39 is 11.7 Å². The first kappa shape index (κ1) is 15.6. The molecule has 2 rings (SSSR count). The number of hydrogen-bond acceptors (Lipinski definition) is 2. The Morgan fingerprint density at radius 3 is 2.62 bits per heavy atom. The second-order valence-corrected chi connectivity index (χ2v) is 5.25. The minimum atomic E-state index is -4.35. The molecule has 0 saturated heterocycles. The molecule has 0 aliphatic heterocycles. The highest BCUT2D eigenvalue weighted by atomic mass is 19.4. The standard InChI is InChI=1S/C15H18F3N3/c1-10(2)19-8-12-9-20-21(11(12)3)14-6-4-5-13(7-14)15(16,17)18/h4-7,9-10,19H,8H2,1-3H3. The minimum Gasteiger partial charge on any atom is -0.310 e. The third kappa shape index (κ3) is 3.64. The van der Waals surface area contributed by atoms with Crippen LogP contribution in [-0.2, 0) is 12.7 Å². The lowest BCUT2D eigenvalue weighted by Crippen LogP contribution is -2.22. The first-order valence-corrected chi connectivity index (χ1v) is 6.73. The van der Waals surface area contributed by atoms with E-state index in [0.717, 1.165) is 23.4 Å². The summed E-state index contributed by atoms with van der Waals surface area (Å²) in [6, 6.07) is 5.52. The van der Waals surface area contributed by atoms with Gasteiger partial charge >= 0.3 is 6.18 Å². The molecule has 114 valence electrons. The Morgan fingerprint density at radius 2 is 2.00 bits per heavy atom. The number of nitrogens with zero attached hydrogens (tertiary/aromatic N) is 2. The number of hydrogen-bond donors (Lipinski definition) is 1. The summed E-state index contributed by atoms with van der Waals surface area (Å²) in [5.74, 6) is 0. The second-order valence-electron chi connectivity index (χ2n) is 5.25. The zero-order valence-corrected chi connectivity index (χ0v) is 12.2. The average molecular weight is 297 g/mol. The van der Waals surface area contributed by atoms with Gasteiger partial charge in [0.2, 0.25) is 0 Å². The summed E-state index contributed by atoms with van der Waals surface area (Å²) in [6.07, 6.45) is -2.66. The summed E-state index contributed by atoms with van der Waals surface area (Å²) in [7, 11) is 0. The van der Waals surface area contributed by atoms with Crippen molar-refractivity contribution in [3.05, 3.63) is 47.3 Å². The van der Waals surface area contributed by atoms with Crippen LogP contribution in [0.3, 0.4) is 0 Å². The number of aromatic nitrogens is 2. The van der Waals surface area contributed by atoms with Gasteiger partial charge < -0.3 is 5.32 Å². The average Bonchev–Trinajstić information content (AvgIpc) is 2.77. The van der Waals surface area contributed by atoms with Crippen LogP contribution in [0, 0.1) is 6.92 Å². The van der Waals surface area contributed by atoms with E-state index in [9.17, 15) is 13.2 Å². The van der Waals surface area contributed by atoms with E-state index in [-0.39, 0.29) is 0 Å². The van der Waals surface area contributed by atoms with Crippen LogP contribution in [0.4, 0.5) is 13.2 Å². The Kier molecular flexibility index (Phi) is 4.37. The second kappa shape index (κ2) is 5.89. The Bertz CT molecular complexity index is 615. The highest BCUT2D eigenvalue weighted by Gasteiger charge is 2.30. The molecule has 0 spiro atoms. The molecule has 0 atom stereocenters. The zero-order valence-electron chi connectivity index (χ0n) is 12.2. The maximum absolute atomic E-state index is 12.8. The first-order valence-electron chi connectivity index (χ1n) is 6.73. The van der Waals surface area contributed by atoms with Crippen LogP contribution in [0.5, 0.6) is 0 Å². The highest BCUT2D eigenvalue weighted by Crippen LogP contribution is 2.30. The van der Waals surface area contributed by atoms with Crippen molar-refractivity contribution in [2.45, 2.75) is 39.5 Å². The van der Waals surface area contributed by atoms with Crippen LogP contribution in [0.2, 0.25) is 0 Å². The predicted molar refractivity (Wildman–Crippen MR) is 75.3 cm³/mol. The van der Waals surface area contributed by atoms with Gasteiger partial charge in [-0.25, -0.2) is 4.68 Å². The smallest absolute Gasteiger partial charge is 0.310 e. The number of nitrogens with one attached hydrogen (secondary N) is 1. The summed E-state index contributed by atoms with van der Waals surface area (Å²) in [4.78, 5) is 0. The van der Waals surface area contributed by atoms with Crippen molar-refractivity contribution in [3.8, 4) is 5.69 Å². The SMILES string of the molecule is Cc1c(CNC(C)C)cnn1-c1cccc(C(F)(F)F)c1. The summed E-state index contributed by atoms with van der Waals surface area (Å²) >= 11 is 0. The summed E-state index contributed by atoms with van der Waals surface area (Å²) < 4.78 is 39.8. The molecule has 3 nitrogen and oxygen atoms in total. The van der Waals surface area contributed by atoms with Gasteiger partial charge in [0.05, 0.1) is 17.4 Å². The maximum atomic E-state index is 12.8. The third-order valence-corrected chi connectivity index (χ3v) is 3.23. The van der Waals surface area contributed by atoms with Gasteiger partial charge in [-0.2, -0.15) is 18.3 Å². The van der Waals surface area contributed by atoms with E-state index in [4.69, 9.17) is 0 Å². The quantitative estimate of drug-likeness (QED) is 0.932. The summed E-state index contributed by atoms with van der Waals surface area (Å²) in [6.45, 7) is 6.56. The van der Waals surface area contributed by atoms with Crippen molar-refractivity contribution in [3.63, 3.8) is 0 Å². The molecule has 21 heavy (non-hydrogen) atoms. The van der Waals surface area contributed by atoms with Crippen molar-refractivity contribution in [2.24, 2.45) is 0 Å². The Hall–Kier alpha value is -1.82. The monoisotopic (exact) mass is 297 g/mol. The van der Waals surface area contributed by atoms with E-state index in [1.165, 1.54) is 10.7 Å². The molecule has 0 bridgehead atoms. The topological polar surface area (TPSA) is 29.9 Å². The Morgan fingerprint density at radius 1 is 1.29 bits per heavy atom. The van der Waals surface area contributed by atoms with Crippen molar-refractivity contribution in [1.29, 1.82) is 0 Å². The molecule has 2 aromatic rings. The molecule has 1 aromatic heterocycles. The van der Waals surface area contributed by atoms with E-state index in [2.05, 4.69) is 10.4 Å². The normalized spacial score (nSPS) is 12.1. The van der Waals surface area contributed by atoms with Gasteiger partial charge in [0.1, 0.15) is 0 Å². The largest absolute Gasteiger partial charge is 0.416 e. The van der Waals surface area contributed by atoms with Gasteiger partial charge in [-0.1, -0.05) is 19.9 Å². The molecule has 1 N–H and O–H groups in total. The van der Waals surface area contributed by atoms with Crippen LogP contribution in [0.25, 0.3) is 5.69 Å². The Labute approximate surface area is 121 Å². The molecule has 0 fully saturated rings. The number of alkyl halides is 3. The molecule has 0 aliphatic carbocycles. The van der Waals surface area contributed by atoms with Crippen LogP contribution in [0.15, 0.2) is 30.5 Å². The molecule has 1 aromatic carbocycles. The van der Waals surface area contributed by atoms with Gasteiger partial charge in [-0.3, -0.25) is 0 Å². The van der Waals surface area contributed by atoms with Gasteiger partial charge in [-0.15, -0.1) is 0 Å². The molecular formula is C15H18F3N3. The fourth-order valence-electron chi connectivity index (χ4n) is 2.01. The van der Waals surface area contributed by atoms with Gasteiger partial charge in [0.15, 0.2) is 0 Å². The lowest BCUT2D eigenvalue weighted by molar-refractivity contribution is -0.137. The third-order valence-electron chi connectivity index (χ3n) is 3.23. The van der Waals surface area contributed by atoms with Crippen molar-refractivity contribution in [1.82, 2.24) is 15.1 Å². The van der Waals surface area contributed by atoms with E-state index in [1.54, 1.807) is 12.3 Å². The number of halogens is 3. The van der Waals surface area contributed by atoms with Crippen LogP contribution >= 0.6 is 0 Å². The maximum Gasteiger partial charge on any atom is 0.416 e. The Balaban J connectivity index is 2.31. The lowest BCUT2D eigenvalue weighted by atomic mass is 10.2. The van der Waals surface area contributed by atoms with Crippen molar-refractivity contribution >= 4 is 0 Å². The molecule has 1 heterocycles. The number of benzene rings is 1. The van der Waals surface area contributed by atoms with Gasteiger partial charge in [0, 0.05) is 23.8 Å². The highest BCUT2D eigenvalue weighted by molar-refractivity contribution is 5.39. The van der Waals surface area contributed by atoms with Gasteiger partial charge in [0.25, 0.3) is 0 Å². The molecule has 0 amide bonds. The van der Waals surface area contributed by atoms with Gasteiger partial charge in [-0.05, 0) is 25.1 Å². The van der Waals surface area contributed by atoms with Crippen molar-refractivity contribution in [2.75, 3.05) is 0 Å². The van der Waals surface area contributed by atoms with Crippen LogP contribution < -0.4 is 5.32 Å². The zero-order chi connectivity index (χ0) is 15.6. The molecule has 0 saturated carbocycles. The number of rotatable bonds is 4. The predicted octanol–water partition coefficient (Wildman–Crippen LogP) is 3.70. The van der Waals surface area contributed by atoms with Crippen LogP contribution in [-0.4, -0.2) is 15.8 Å². The minimum absolute atomic E-state index is 0.335. The molecule has 0 unspecified atom stereocenters. The van der Waals surface area contributed by atoms with Crippen molar-refractivity contribution < 1.29 is 13.2 Å². The fraction of sp³-hybridized carbons (Fsp3) is 0.400. The van der Waals surface area contributed by atoms with Crippen LogP contribution in [0.1, 0.15) is 30.7 Å². The molecule has 0 radical (unpaired) electrons. The molecular weight excluding hydrogens is 279 g/mol. The van der Waals surface area contributed by atoms with E-state index in [0.29, 0.717) is 18.3 Å². The fourth-order valence-corrected chi connectivity index (χ4v) is 2.01. The molecule has 6 heteroatoms.